The molecule has 1 aliphatic heterocycles. The van der Waals surface area contributed by atoms with Gasteiger partial charge in [-0.2, -0.15) is 4.31 Å². The first-order valence-corrected chi connectivity index (χ1v) is 8.84. The number of halogens is 2. The fraction of sp³-hybridized carbons (Fsp3) is 0.429. The molecule has 0 atom stereocenters. The molecule has 0 unspecified atom stereocenters. The zero-order valence-electron chi connectivity index (χ0n) is 12.0. The first kappa shape index (κ1) is 16.8. The van der Waals surface area contributed by atoms with Crippen LogP contribution in [0.1, 0.15) is 18.9 Å². The molecule has 0 aromatic heterocycles. The van der Waals surface area contributed by atoms with Crippen LogP contribution in [-0.2, 0) is 16.6 Å². The molecule has 0 radical (unpaired) electrons. The largest absolute Gasteiger partial charge is 0.316 e. The Morgan fingerprint density at radius 3 is 2.67 bits per heavy atom. The lowest BCUT2D eigenvalue weighted by atomic mass is 10.2. The molecule has 2 rings (SSSR count). The zero-order chi connectivity index (χ0) is 15.6. The number of nitrogens with zero attached hydrogens (tertiary/aromatic N) is 1. The van der Waals surface area contributed by atoms with Gasteiger partial charge >= 0.3 is 0 Å². The molecule has 1 N–H and O–H groups in total. The van der Waals surface area contributed by atoms with Gasteiger partial charge in [-0.1, -0.05) is 34.9 Å². The van der Waals surface area contributed by atoms with E-state index in [0.717, 1.165) is 5.57 Å². The van der Waals surface area contributed by atoms with Crippen molar-refractivity contribution in [2.45, 2.75) is 24.8 Å². The SMILES string of the molecule is CNCc1cc(Cl)cc(S(=O)(=O)N2CCC=C(C)C2)c1Cl. The van der Waals surface area contributed by atoms with Gasteiger partial charge in [0.15, 0.2) is 0 Å². The Bertz CT molecular complexity index is 672. The Morgan fingerprint density at radius 1 is 1.33 bits per heavy atom. The molecule has 1 aromatic carbocycles. The molecule has 1 aliphatic rings. The summed E-state index contributed by atoms with van der Waals surface area (Å²) in [7, 11) is -1.87. The maximum Gasteiger partial charge on any atom is 0.244 e. The fourth-order valence-electron chi connectivity index (χ4n) is 2.35. The van der Waals surface area contributed by atoms with Crippen LogP contribution >= 0.6 is 23.2 Å². The molecule has 7 heteroatoms. The third-order valence-electron chi connectivity index (χ3n) is 3.36. The minimum Gasteiger partial charge on any atom is -0.316 e. The lowest BCUT2D eigenvalue weighted by Crippen LogP contribution is -2.35. The van der Waals surface area contributed by atoms with E-state index in [2.05, 4.69) is 11.4 Å². The maximum absolute atomic E-state index is 12.8. The van der Waals surface area contributed by atoms with Crippen molar-refractivity contribution in [2.24, 2.45) is 0 Å². The summed E-state index contributed by atoms with van der Waals surface area (Å²) in [6, 6.07) is 3.10. The number of nitrogens with one attached hydrogen (secondary N) is 1. The summed E-state index contributed by atoms with van der Waals surface area (Å²) >= 11 is 12.3. The van der Waals surface area contributed by atoms with Gasteiger partial charge in [0.2, 0.25) is 10.0 Å². The molecule has 0 amide bonds. The highest BCUT2D eigenvalue weighted by molar-refractivity contribution is 7.89. The minimum atomic E-state index is -3.64. The van der Waals surface area contributed by atoms with Crippen molar-refractivity contribution in [1.29, 1.82) is 0 Å². The first-order chi connectivity index (χ1) is 9.86. The molecule has 1 aromatic rings. The van der Waals surface area contributed by atoms with Crippen LogP contribution < -0.4 is 5.32 Å². The molecule has 0 bridgehead atoms. The van der Waals surface area contributed by atoms with Gasteiger partial charge in [0.05, 0.1) is 5.02 Å². The smallest absolute Gasteiger partial charge is 0.244 e. The molecule has 0 saturated heterocycles. The third kappa shape index (κ3) is 3.60. The predicted octanol–water partition coefficient (Wildman–Crippen LogP) is 3.05. The van der Waals surface area contributed by atoms with Crippen molar-refractivity contribution in [3.63, 3.8) is 0 Å². The van der Waals surface area contributed by atoms with E-state index in [1.807, 2.05) is 6.92 Å². The number of benzene rings is 1. The molecule has 21 heavy (non-hydrogen) atoms. The van der Waals surface area contributed by atoms with Crippen LogP contribution in [0.4, 0.5) is 0 Å². The highest BCUT2D eigenvalue weighted by atomic mass is 35.5. The summed E-state index contributed by atoms with van der Waals surface area (Å²) in [5.74, 6) is 0. The van der Waals surface area contributed by atoms with Crippen molar-refractivity contribution in [2.75, 3.05) is 20.1 Å². The number of hydrogen-bond donors (Lipinski definition) is 1. The van der Waals surface area contributed by atoms with Crippen molar-refractivity contribution in [3.8, 4) is 0 Å². The van der Waals surface area contributed by atoms with E-state index < -0.39 is 10.0 Å². The number of rotatable bonds is 4. The monoisotopic (exact) mass is 348 g/mol. The van der Waals surface area contributed by atoms with Crippen LogP contribution in [-0.4, -0.2) is 32.9 Å². The zero-order valence-corrected chi connectivity index (χ0v) is 14.3. The lowest BCUT2D eigenvalue weighted by molar-refractivity contribution is 0.428. The summed E-state index contributed by atoms with van der Waals surface area (Å²) in [5.41, 5.74) is 1.72. The summed E-state index contributed by atoms with van der Waals surface area (Å²) in [6.07, 6.45) is 2.77. The first-order valence-electron chi connectivity index (χ1n) is 6.64. The average molecular weight is 349 g/mol. The molecule has 0 aliphatic carbocycles. The Hall–Kier alpha value is -0.590. The van der Waals surface area contributed by atoms with E-state index >= 15 is 0 Å². The van der Waals surface area contributed by atoms with E-state index in [9.17, 15) is 8.42 Å². The molecule has 0 saturated carbocycles. The topological polar surface area (TPSA) is 49.4 Å². The van der Waals surface area contributed by atoms with Gasteiger partial charge in [0, 0.05) is 24.7 Å². The number of sulfonamides is 1. The Morgan fingerprint density at radius 2 is 2.05 bits per heavy atom. The number of hydrogen-bond acceptors (Lipinski definition) is 3. The van der Waals surface area contributed by atoms with Gasteiger partial charge in [-0.25, -0.2) is 8.42 Å². The molecule has 116 valence electrons. The van der Waals surface area contributed by atoms with Gasteiger partial charge in [-0.3, -0.25) is 0 Å². The fourth-order valence-corrected chi connectivity index (χ4v) is 4.75. The van der Waals surface area contributed by atoms with Crippen molar-refractivity contribution < 1.29 is 8.42 Å². The van der Waals surface area contributed by atoms with Crippen LogP contribution in [0.25, 0.3) is 0 Å². The van der Waals surface area contributed by atoms with Crippen LogP contribution in [0.2, 0.25) is 10.0 Å². The summed E-state index contributed by atoms with van der Waals surface area (Å²) in [6.45, 7) is 3.24. The van der Waals surface area contributed by atoms with E-state index in [1.54, 1.807) is 13.1 Å². The van der Waals surface area contributed by atoms with E-state index in [1.165, 1.54) is 10.4 Å². The molecule has 0 spiro atoms. The maximum atomic E-state index is 12.8. The highest BCUT2D eigenvalue weighted by Crippen LogP contribution is 2.32. The second kappa shape index (κ2) is 6.67. The van der Waals surface area contributed by atoms with Gasteiger partial charge < -0.3 is 5.32 Å². The van der Waals surface area contributed by atoms with Crippen molar-refractivity contribution in [3.05, 3.63) is 39.4 Å². The molecular formula is C14H18Cl2N2O2S. The summed E-state index contributed by atoms with van der Waals surface area (Å²) < 4.78 is 27.0. The lowest BCUT2D eigenvalue weighted by Gasteiger charge is -2.26. The Labute approximate surface area is 135 Å². The van der Waals surface area contributed by atoms with E-state index in [0.29, 0.717) is 36.6 Å². The Balaban J connectivity index is 2.47. The second-order valence-electron chi connectivity index (χ2n) is 5.09. The minimum absolute atomic E-state index is 0.0802. The molecular weight excluding hydrogens is 331 g/mol. The van der Waals surface area contributed by atoms with Gasteiger partial charge in [-0.05, 0) is 38.1 Å². The van der Waals surface area contributed by atoms with Gasteiger partial charge in [-0.15, -0.1) is 0 Å². The molecule has 1 heterocycles. The second-order valence-corrected chi connectivity index (χ2v) is 7.81. The Kier molecular flexibility index (Phi) is 5.33. The normalized spacial score (nSPS) is 16.9. The average Bonchev–Trinajstić information content (AvgIpc) is 2.42. The van der Waals surface area contributed by atoms with E-state index in [-0.39, 0.29) is 9.92 Å². The van der Waals surface area contributed by atoms with Crippen LogP contribution in [0.5, 0.6) is 0 Å². The standard InChI is InChI=1S/C14H18Cl2N2O2S/c1-10-4-3-5-18(9-10)21(19,20)13-7-12(15)6-11(8-17-2)14(13)16/h4,6-7,17H,3,5,8-9H2,1-2H3. The van der Waals surface area contributed by atoms with Crippen LogP contribution in [0.3, 0.4) is 0 Å². The van der Waals surface area contributed by atoms with Crippen molar-refractivity contribution >= 4 is 33.2 Å². The van der Waals surface area contributed by atoms with Crippen LogP contribution in [0, 0.1) is 0 Å². The van der Waals surface area contributed by atoms with E-state index in [4.69, 9.17) is 23.2 Å². The predicted molar refractivity (Wildman–Crippen MR) is 86.4 cm³/mol. The van der Waals surface area contributed by atoms with Crippen molar-refractivity contribution in [1.82, 2.24) is 9.62 Å². The quantitative estimate of drug-likeness (QED) is 0.850. The van der Waals surface area contributed by atoms with Gasteiger partial charge in [0.25, 0.3) is 0 Å². The van der Waals surface area contributed by atoms with Crippen LogP contribution in [0.15, 0.2) is 28.7 Å². The molecule has 0 fully saturated rings. The summed E-state index contributed by atoms with van der Waals surface area (Å²) in [4.78, 5) is 0.0802. The third-order valence-corrected chi connectivity index (χ3v) is 6.01. The highest BCUT2D eigenvalue weighted by Gasteiger charge is 2.29. The molecule has 4 nitrogen and oxygen atoms in total. The van der Waals surface area contributed by atoms with Gasteiger partial charge in [0.1, 0.15) is 4.90 Å². The summed E-state index contributed by atoms with van der Waals surface area (Å²) in [5, 5.41) is 3.56.